The summed E-state index contributed by atoms with van der Waals surface area (Å²) < 4.78 is 33.9. The van der Waals surface area contributed by atoms with Crippen molar-refractivity contribution in [2.24, 2.45) is 0 Å². The molecule has 0 radical (unpaired) electrons. The van der Waals surface area contributed by atoms with E-state index in [1.54, 1.807) is 23.6 Å². The summed E-state index contributed by atoms with van der Waals surface area (Å²) in [5, 5.41) is -1.00. The van der Waals surface area contributed by atoms with Crippen LogP contribution in [0.3, 0.4) is 0 Å². The number of rotatable bonds is 3. The Bertz CT molecular complexity index is 907. The maximum atomic E-state index is 12.1. The first-order valence-corrected chi connectivity index (χ1v) is 10.2. The topological polar surface area (TPSA) is 57.6 Å². The Hall–Kier alpha value is -1.50. The number of anilines is 2. The molecule has 1 atom stereocenters. The van der Waals surface area contributed by atoms with E-state index in [0.29, 0.717) is 6.42 Å². The van der Waals surface area contributed by atoms with Crippen molar-refractivity contribution in [2.75, 3.05) is 4.90 Å². The lowest BCUT2D eigenvalue weighted by Crippen LogP contribution is -2.39. The smallest absolute Gasteiger partial charge is 0.286 e. The van der Waals surface area contributed by atoms with Crippen LogP contribution in [0.4, 0.5) is 11.4 Å². The fraction of sp³-hybridized carbons (Fsp3) is 0.333. The van der Waals surface area contributed by atoms with Crippen molar-refractivity contribution in [2.45, 2.75) is 49.3 Å². The van der Waals surface area contributed by atoms with Gasteiger partial charge < -0.3 is 4.90 Å². The molecule has 0 saturated heterocycles. The van der Waals surface area contributed by atoms with Crippen molar-refractivity contribution >= 4 is 33.3 Å². The zero-order valence-electron chi connectivity index (χ0n) is 14.2. The van der Waals surface area contributed by atoms with Crippen LogP contribution in [0.1, 0.15) is 30.0 Å². The molecule has 0 spiro atoms. The second kappa shape index (κ2) is 6.10. The summed E-state index contributed by atoms with van der Waals surface area (Å²) >= 11 is 1.64. The van der Waals surface area contributed by atoms with Crippen molar-refractivity contribution in [1.82, 2.24) is 0 Å². The molecule has 1 aliphatic heterocycles. The molecule has 1 heterocycles. The average Bonchev–Trinajstić information content (AvgIpc) is 2.46. The zero-order valence-corrected chi connectivity index (χ0v) is 15.8. The monoisotopic (exact) mass is 363 g/mol. The highest BCUT2D eigenvalue weighted by atomic mass is 32.2. The highest BCUT2D eigenvalue weighted by Crippen LogP contribution is 2.51. The van der Waals surface area contributed by atoms with E-state index in [2.05, 4.69) is 6.07 Å². The van der Waals surface area contributed by atoms with Gasteiger partial charge in [0.05, 0.1) is 11.4 Å². The predicted octanol–water partition coefficient (Wildman–Crippen LogP) is 4.84. The van der Waals surface area contributed by atoms with Gasteiger partial charge in [-0.15, -0.1) is 0 Å². The van der Waals surface area contributed by atoms with Crippen LogP contribution in [0.25, 0.3) is 0 Å². The van der Waals surface area contributed by atoms with Gasteiger partial charge in [0.2, 0.25) is 0 Å². The average molecular weight is 364 g/mol. The molecular weight excluding hydrogens is 342 g/mol. The SMILES string of the molecule is CCC(N1c2cc(C)ccc2Sc2cc(C)cc(C)c21)S(=O)(=O)O. The first-order chi connectivity index (χ1) is 11.2. The Labute approximate surface area is 147 Å². The van der Waals surface area contributed by atoms with Gasteiger partial charge in [0.25, 0.3) is 10.1 Å². The van der Waals surface area contributed by atoms with Crippen molar-refractivity contribution in [1.29, 1.82) is 0 Å². The van der Waals surface area contributed by atoms with Gasteiger partial charge >= 0.3 is 0 Å². The van der Waals surface area contributed by atoms with Crippen LogP contribution in [0.15, 0.2) is 40.1 Å². The third-order valence-electron chi connectivity index (χ3n) is 4.23. The normalized spacial score (nSPS) is 15.0. The number of aryl methyl sites for hydroxylation is 3. The van der Waals surface area contributed by atoms with E-state index < -0.39 is 15.5 Å². The highest BCUT2D eigenvalue weighted by Gasteiger charge is 2.36. The number of hydrogen-bond acceptors (Lipinski definition) is 4. The van der Waals surface area contributed by atoms with Gasteiger partial charge in [-0.3, -0.25) is 4.55 Å². The summed E-state index contributed by atoms with van der Waals surface area (Å²) in [7, 11) is -4.22. The highest BCUT2D eigenvalue weighted by molar-refractivity contribution is 7.99. The van der Waals surface area contributed by atoms with Crippen LogP contribution < -0.4 is 4.90 Å². The van der Waals surface area contributed by atoms with Crippen LogP contribution in [-0.4, -0.2) is 18.3 Å². The van der Waals surface area contributed by atoms with Gasteiger partial charge in [-0.1, -0.05) is 30.8 Å². The summed E-state index contributed by atoms with van der Waals surface area (Å²) in [5.41, 5.74) is 4.90. The number of hydrogen-bond donors (Lipinski definition) is 1. The van der Waals surface area contributed by atoms with Crippen LogP contribution in [-0.2, 0) is 10.1 Å². The van der Waals surface area contributed by atoms with Gasteiger partial charge in [-0.25, -0.2) is 0 Å². The van der Waals surface area contributed by atoms with E-state index in [9.17, 15) is 13.0 Å². The third kappa shape index (κ3) is 2.94. The minimum absolute atomic E-state index is 0.295. The lowest BCUT2D eigenvalue weighted by Gasteiger charge is -2.38. The van der Waals surface area contributed by atoms with E-state index in [1.807, 2.05) is 45.0 Å². The molecule has 128 valence electrons. The first kappa shape index (κ1) is 17.3. The minimum atomic E-state index is -4.22. The maximum absolute atomic E-state index is 12.1. The standard InChI is InChI=1S/C18H21NO3S2/c1-5-17(24(20,21)22)19-14-9-11(2)6-7-15(14)23-16-10-12(3)8-13(4)18(16)19/h6-10,17H,5H2,1-4H3,(H,20,21,22). The first-order valence-electron chi connectivity index (χ1n) is 7.87. The third-order valence-corrected chi connectivity index (χ3v) is 6.55. The van der Waals surface area contributed by atoms with Crippen LogP contribution in [0, 0.1) is 20.8 Å². The lowest BCUT2D eigenvalue weighted by atomic mass is 10.1. The fourth-order valence-corrected chi connectivity index (χ4v) is 5.42. The van der Waals surface area contributed by atoms with Gasteiger partial charge in [0.15, 0.2) is 5.37 Å². The quantitative estimate of drug-likeness (QED) is 0.791. The second-order valence-electron chi connectivity index (χ2n) is 6.25. The molecule has 6 heteroatoms. The minimum Gasteiger partial charge on any atom is -0.319 e. The van der Waals surface area contributed by atoms with E-state index in [0.717, 1.165) is 37.9 Å². The summed E-state index contributed by atoms with van der Waals surface area (Å²) in [4.78, 5) is 3.81. The molecule has 0 aromatic heterocycles. The van der Waals surface area contributed by atoms with Crippen molar-refractivity contribution < 1.29 is 13.0 Å². The molecule has 2 aromatic carbocycles. The Morgan fingerprint density at radius 2 is 1.79 bits per heavy atom. The summed E-state index contributed by atoms with van der Waals surface area (Å²) in [5.74, 6) is 0. The fourth-order valence-electron chi connectivity index (χ4n) is 3.27. The van der Waals surface area contributed by atoms with E-state index in [4.69, 9.17) is 0 Å². The molecule has 3 rings (SSSR count). The van der Waals surface area contributed by atoms with E-state index in [1.165, 1.54) is 0 Å². The molecule has 4 nitrogen and oxygen atoms in total. The molecule has 1 unspecified atom stereocenters. The van der Waals surface area contributed by atoms with Gasteiger partial charge in [-0.2, -0.15) is 8.42 Å². The molecule has 0 saturated carbocycles. The molecule has 24 heavy (non-hydrogen) atoms. The largest absolute Gasteiger partial charge is 0.319 e. The molecule has 1 aliphatic rings. The van der Waals surface area contributed by atoms with Crippen LogP contribution in [0.2, 0.25) is 0 Å². The van der Waals surface area contributed by atoms with E-state index in [-0.39, 0.29) is 0 Å². The van der Waals surface area contributed by atoms with Crippen molar-refractivity contribution in [3.63, 3.8) is 0 Å². The zero-order chi connectivity index (χ0) is 17.6. The van der Waals surface area contributed by atoms with Gasteiger partial charge in [0.1, 0.15) is 0 Å². The summed E-state index contributed by atoms with van der Waals surface area (Å²) in [6.07, 6.45) is 0.295. The lowest BCUT2D eigenvalue weighted by molar-refractivity contribution is 0.464. The van der Waals surface area contributed by atoms with Crippen LogP contribution in [0.5, 0.6) is 0 Å². The molecule has 0 bridgehead atoms. The molecule has 0 aliphatic carbocycles. The Balaban J connectivity index is 2.33. The molecule has 0 fully saturated rings. The van der Waals surface area contributed by atoms with E-state index >= 15 is 0 Å². The second-order valence-corrected chi connectivity index (χ2v) is 8.91. The van der Waals surface area contributed by atoms with Crippen LogP contribution >= 0.6 is 11.8 Å². The Morgan fingerprint density at radius 3 is 2.42 bits per heavy atom. The Morgan fingerprint density at radius 1 is 1.08 bits per heavy atom. The Kier molecular flexibility index (Phi) is 4.40. The molecule has 1 N–H and O–H groups in total. The van der Waals surface area contributed by atoms with Gasteiger partial charge in [-0.05, 0) is 62.1 Å². The van der Waals surface area contributed by atoms with Gasteiger partial charge in [0, 0.05) is 9.79 Å². The number of benzene rings is 2. The molecule has 2 aromatic rings. The maximum Gasteiger partial charge on any atom is 0.286 e. The summed E-state index contributed by atoms with van der Waals surface area (Å²) in [6.45, 7) is 7.77. The number of fused-ring (bicyclic) bond motifs is 2. The van der Waals surface area contributed by atoms with Crippen molar-refractivity contribution in [3.8, 4) is 0 Å². The summed E-state index contributed by atoms with van der Waals surface area (Å²) in [6, 6.07) is 10.1. The number of nitrogens with zero attached hydrogens (tertiary/aromatic N) is 1. The predicted molar refractivity (Wildman–Crippen MR) is 99.0 cm³/mol. The van der Waals surface area contributed by atoms with Crippen molar-refractivity contribution in [3.05, 3.63) is 47.0 Å². The molecule has 0 amide bonds. The molecular formula is C18H21NO3S2.